The van der Waals surface area contributed by atoms with Gasteiger partial charge in [0.05, 0.1) is 29.9 Å². The summed E-state index contributed by atoms with van der Waals surface area (Å²) in [5.74, 6) is -0.201. The first-order valence-corrected chi connectivity index (χ1v) is 12.4. The van der Waals surface area contributed by atoms with E-state index >= 15 is 0 Å². The topological polar surface area (TPSA) is 41.6 Å². The molecule has 3 atom stereocenters. The lowest BCUT2D eigenvalue weighted by Crippen LogP contribution is -2.54. The van der Waals surface area contributed by atoms with Crippen LogP contribution in [0.2, 0.25) is 0 Å². The van der Waals surface area contributed by atoms with E-state index in [0.717, 1.165) is 36.9 Å². The van der Waals surface area contributed by atoms with Crippen molar-refractivity contribution in [3.8, 4) is 0 Å². The normalized spacial score (nSPS) is 23.2. The Balaban J connectivity index is 1.58. The number of ether oxygens (including phenoxy) is 1. The van der Waals surface area contributed by atoms with E-state index in [1.807, 2.05) is 31.2 Å². The zero-order chi connectivity index (χ0) is 26.8. The van der Waals surface area contributed by atoms with Gasteiger partial charge in [0.2, 0.25) is 5.91 Å². The maximum Gasteiger partial charge on any atom is 0.416 e. The minimum absolute atomic E-state index is 0.0463. The summed E-state index contributed by atoms with van der Waals surface area (Å²) in [6.45, 7) is 2.97. The van der Waals surface area contributed by atoms with Crippen LogP contribution in [0.4, 0.5) is 26.3 Å². The molecule has 37 heavy (non-hydrogen) atoms. The van der Waals surface area contributed by atoms with E-state index in [1.165, 1.54) is 0 Å². The van der Waals surface area contributed by atoms with E-state index in [0.29, 0.717) is 25.1 Å². The highest BCUT2D eigenvalue weighted by atomic mass is 19.4. The van der Waals surface area contributed by atoms with Gasteiger partial charge in [-0.3, -0.25) is 4.79 Å². The number of aryl methyl sites for hydroxylation is 1. The SMILES string of the molecule is Cc1ccccc1[C@@H]1CCN(C(=O)C2CCCCN2)C[C@@H]1OCc1cc(C(F)(F)F)cc(C(F)(F)F)c1. The highest BCUT2D eigenvalue weighted by molar-refractivity contribution is 5.82. The summed E-state index contributed by atoms with van der Waals surface area (Å²) in [6.07, 6.45) is -7.20. The standard InChI is InChI=1S/C27H30F6N2O2/c1-17-6-2-3-7-21(17)22-9-11-35(25(36)23-8-4-5-10-34-23)15-24(22)37-16-18-12-19(26(28,29)30)14-20(13-18)27(31,32)33/h2-3,6-7,12-14,22-24,34H,4-5,8-11,15-16H2,1H3/t22-,23?,24-/m0/s1. The first kappa shape index (κ1) is 27.4. The third-order valence-corrected chi connectivity index (χ3v) is 7.18. The van der Waals surface area contributed by atoms with Gasteiger partial charge in [0, 0.05) is 19.0 Å². The second kappa shape index (κ2) is 11.0. The molecule has 0 aromatic heterocycles. The van der Waals surface area contributed by atoms with Crippen LogP contribution in [0.25, 0.3) is 0 Å². The Hall–Kier alpha value is -2.59. The van der Waals surface area contributed by atoms with Crippen LogP contribution in [0, 0.1) is 6.92 Å². The molecular formula is C27H30F6N2O2. The Morgan fingerprint density at radius 3 is 2.27 bits per heavy atom. The monoisotopic (exact) mass is 528 g/mol. The van der Waals surface area contributed by atoms with Crippen molar-refractivity contribution in [3.63, 3.8) is 0 Å². The highest BCUT2D eigenvalue weighted by Gasteiger charge is 2.38. The number of rotatable bonds is 5. The molecule has 0 radical (unpaired) electrons. The second-order valence-corrected chi connectivity index (χ2v) is 9.80. The van der Waals surface area contributed by atoms with E-state index in [9.17, 15) is 31.1 Å². The summed E-state index contributed by atoms with van der Waals surface area (Å²) >= 11 is 0. The lowest BCUT2D eigenvalue weighted by molar-refractivity contribution is -0.144. The van der Waals surface area contributed by atoms with E-state index in [4.69, 9.17) is 4.74 Å². The quantitative estimate of drug-likeness (QED) is 0.479. The average Bonchev–Trinajstić information content (AvgIpc) is 2.86. The molecule has 2 fully saturated rings. The number of nitrogens with one attached hydrogen (secondary N) is 1. The zero-order valence-electron chi connectivity index (χ0n) is 20.5. The van der Waals surface area contributed by atoms with Crippen molar-refractivity contribution in [2.24, 2.45) is 0 Å². The fraction of sp³-hybridized carbons (Fsp3) is 0.519. The molecule has 10 heteroatoms. The van der Waals surface area contributed by atoms with Crippen LogP contribution in [0.5, 0.6) is 0 Å². The number of hydrogen-bond donors (Lipinski definition) is 1. The number of carbonyl (C=O) groups excluding carboxylic acids is 1. The van der Waals surface area contributed by atoms with E-state index < -0.39 is 36.2 Å². The fourth-order valence-electron chi connectivity index (χ4n) is 5.23. The average molecular weight is 529 g/mol. The lowest BCUT2D eigenvalue weighted by atomic mass is 9.84. The van der Waals surface area contributed by atoms with Crippen molar-refractivity contribution < 1.29 is 35.9 Å². The molecular weight excluding hydrogens is 498 g/mol. The molecule has 1 unspecified atom stereocenters. The molecule has 2 aromatic carbocycles. The fourth-order valence-corrected chi connectivity index (χ4v) is 5.23. The van der Waals surface area contributed by atoms with Gasteiger partial charge in [-0.15, -0.1) is 0 Å². The first-order valence-electron chi connectivity index (χ1n) is 12.4. The predicted octanol–water partition coefficient (Wildman–Crippen LogP) is 6.08. The van der Waals surface area contributed by atoms with Crippen LogP contribution in [0.1, 0.15) is 59.4 Å². The van der Waals surface area contributed by atoms with Gasteiger partial charge >= 0.3 is 12.4 Å². The van der Waals surface area contributed by atoms with Crippen molar-refractivity contribution in [1.29, 1.82) is 0 Å². The van der Waals surface area contributed by atoms with Gasteiger partial charge in [-0.25, -0.2) is 0 Å². The van der Waals surface area contributed by atoms with Gasteiger partial charge in [-0.2, -0.15) is 26.3 Å². The molecule has 0 spiro atoms. The minimum atomic E-state index is -4.93. The predicted molar refractivity (Wildman–Crippen MR) is 126 cm³/mol. The molecule has 4 rings (SSSR count). The Labute approximate surface area is 212 Å². The summed E-state index contributed by atoms with van der Waals surface area (Å²) in [6, 6.07) is 8.86. The summed E-state index contributed by atoms with van der Waals surface area (Å²) < 4.78 is 85.9. The number of hydrogen-bond acceptors (Lipinski definition) is 3. The molecule has 1 N–H and O–H groups in total. The third-order valence-electron chi connectivity index (χ3n) is 7.18. The number of benzene rings is 2. The van der Waals surface area contributed by atoms with Crippen LogP contribution in [-0.4, -0.2) is 42.6 Å². The van der Waals surface area contributed by atoms with E-state index in [1.54, 1.807) is 4.90 Å². The van der Waals surface area contributed by atoms with Gasteiger partial charge in [-0.05, 0) is 67.6 Å². The Morgan fingerprint density at radius 1 is 1.00 bits per heavy atom. The zero-order valence-corrected chi connectivity index (χ0v) is 20.5. The lowest BCUT2D eigenvalue weighted by Gasteiger charge is -2.41. The summed E-state index contributed by atoms with van der Waals surface area (Å²) in [7, 11) is 0. The van der Waals surface area contributed by atoms with Crippen LogP contribution < -0.4 is 5.32 Å². The molecule has 1 amide bonds. The van der Waals surface area contributed by atoms with Gasteiger partial charge in [0.15, 0.2) is 0 Å². The Morgan fingerprint density at radius 2 is 1.68 bits per heavy atom. The van der Waals surface area contributed by atoms with Gasteiger partial charge in [0.1, 0.15) is 0 Å². The van der Waals surface area contributed by atoms with Crippen molar-refractivity contribution in [2.75, 3.05) is 19.6 Å². The smallest absolute Gasteiger partial charge is 0.371 e. The van der Waals surface area contributed by atoms with Crippen molar-refractivity contribution >= 4 is 5.91 Å². The Kier molecular flexibility index (Phi) is 8.18. The second-order valence-electron chi connectivity index (χ2n) is 9.80. The maximum absolute atomic E-state index is 13.3. The molecule has 2 heterocycles. The summed E-state index contributed by atoms with van der Waals surface area (Å²) in [5.41, 5.74) is -0.966. The van der Waals surface area contributed by atoms with Gasteiger partial charge in [-0.1, -0.05) is 30.7 Å². The number of likely N-dealkylation sites (tertiary alicyclic amines) is 1. The molecule has 0 saturated carbocycles. The van der Waals surface area contributed by atoms with E-state index in [-0.39, 0.29) is 36.0 Å². The van der Waals surface area contributed by atoms with Crippen molar-refractivity contribution in [1.82, 2.24) is 10.2 Å². The van der Waals surface area contributed by atoms with Crippen molar-refractivity contribution in [3.05, 3.63) is 70.3 Å². The molecule has 2 aliphatic rings. The maximum atomic E-state index is 13.3. The van der Waals surface area contributed by atoms with Crippen LogP contribution >= 0.6 is 0 Å². The number of nitrogens with zero attached hydrogens (tertiary/aromatic N) is 1. The number of carbonyl (C=O) groups is 1. The van der Waals surface area contributed by atoms with Crippen LogP contribution in [-0.2, 0) is 28.5 Å². The van der Waals surface area contributed by atoms with Crippen LogP contribution in [0.3, 0.4) is 0 Å². The Bertz CT molecular complexity index is 1060. The molecule has 2 aliphatic heterocycles. The third kappa shape index (κ3) is 6.65. The minimum Gasteiger partial charge on any atom is -0.371 e. The first-order chi connectivity index (χ1) is 17.4. The largest absolute Gasteiger partial charge is 0.416 e. The molecule has 0 bridgehead atoms. The number of alkyl halides is 6. The van der Waals surface area contributed by atoms with E-state index in [2.05, 4.69) is 5.32 Å². The molecule has 2 aromatic rings. The number of amides is 1. The van der Waals surface area contributed by atoms with Crippen LogP contribution in [0.15, 0.2) is 42.5 Å². The molecule has 202 valence electrons. The molecule has 2 saturated heterocycles. The number of halogens is 6. The molecule has 4 nitrogen and oxygen atoms in total. The van der Waals surface area contributed by atoms with Gasteiger partial charge < -0.3 is 15.0 Å². The summed E-state index contributed by atoms with van der Waals surface area (Å²) in [5, 5.41) is 3.24. The molecule has 0 aliphatic carbocycles. The number of piperidine rings is 2. The highest BCUT2D eigenvalue weighted by Crippen LogP contribution is 2.38. The van der Waals surface area contributed by atoms with Gasteiger partial charge in [0.25, 0.3) is 0 Å². The van der Waals surface area contributed by atoms with Crippen molar-refractivity contribution in [2.45, 2.75) is 69.6 Å². The summed E-state index contributed by atoms with van der Waals surface area (Å²) in [4.78, 5) is 14.9.